The van der Waals surface area contributed by atoms with Crippen LogP contribution in [0.2, 0.25) is 0 Å². The zero-order valence-electron chi connectivity index (χ0n) is 16.6. The van der Waals surface area contributed by atoms with E-state index < -0.39 is 5.41 Å². The summed E-state index contributed by atoms with van der Waals surface area (Å²) < 4.78 is 5.61. The molecule has 0 radical (unpaired) electrons. The summed E-state index contributed by atoms with van der Waals surface area (Å²) in [6.07, 6.45) is 0.346. The molecule has 2 aromatic carbocycles. The summed E-state index contributed by atoms with van der Waals surface area (Å²) in [6.45, 7) is 6.57. The Morgan fingerprint density at radius 3 is 2.00 bits per heavy atom. The average Bonchev–Trinajstić information content (AvgIpc) is 2.74. The number of amides is 2. The molecule has 148 valence electrons. The Morgan fingerprint density at radius 2 is 1.39 bits per heavy atom. The number of hydrogen-bond acceptors (Lipinski definition) is 3. The van der Waals surface area contributed by atoms with Crippen LogP contribution in [0, 0.1) is 0 Å². The Morgan fingerprint density at radius 1 is 0.857 bits per heavy atom. The monoisotopic (exact) mass is 380 g/mol. The van der Waals surface area contributed by atoms with E-state index in [2.05, 4.69) is 0 Å². The maximum atomic E-state index is 13.0. The number of ether oxygens (including phenoxy) is 1. The van der Waals surface area contributed by atoms with Gasteiger partial charge in [-0.15, -0.1) is 0 Å². The summed E-state index contributed by atoms with van der Waals surface area (Å²) in [6, 6.07) is 19.3. The second-order valence-corrected chi connectivity index (χ2v) is 7.58. The van der Waals surface area contributed by atoms with Gasteiger partial charge in [-0.3, -0.25) is 9.59 Å². The number of nitrogens with zero attached hydrogens (tertiary/aromatic N) is 2. The Hall–Kier alpha value is -2.82. The van der Waals surface area contributed by atoms with Crippen LogP contribution in [0.3, 0.4) is 0 Å². The molecule has 0 unspecified atom stereocenters. The Labute approximate surface area is 166 Å². The van der Waals surface area contributed by atoms with Crippen LogP contribution in [0.5, 0.6) is 5.75 Å². The molecule has 0 aromatic heterocycles. The normalized spacial score (nSPS) is 14.6. The van der Waals surface area contributed by atoms with Gasteiger partial charge in [-0.05, 0) is 31.5 Å². The third-order valence-corrected chi connectivity index (χ3v) is 5.28. The van der Waals surface area contributed by atoms with Gasteiger partial charge in [0, 0.05) is 26.2 Å². The first-order valence-electron chi connectivity index (χ1n) is 9.79. The minimum absolute atomic E-state index is 0.0744. The lowest BCUT2D eigenvalue weighted by atomic mass is 9.83. The first kappa shape index (κ1) is 19.9. The first-order valence-corrected chi connectivity index (χ1v) is 9.79. The van der Waals surface area contributed by atoms with E-state index in [1.54, 1.807) is 0 Å². The van der Waals surface area contributed by atoms with Crippen LogP contribution in [0.1, 0.15) is 25.8 Å². The fraction of sp³-hybridized carbons (Fsp3) is 0.391. The van der Waals surface area contributed by atoms with Crippen molar-refractivity contribution in [2.24, 2.45) is 0 Å². The zero-order chi connectivity index (χ0) is 20.0. The van der Waals surface area contributed by atoms with E-state index in [1.165, 1.54) is 0 Å². The van der Waals surface area contributed by atoms with Crippen LogP contribution in [0.4, 0.5) is 0 Å². The van der Waals surface area contributed by atoms with E-state index in [4.69, 9.17) is 4.74 Å². The predicted octanol–water partition coefficient (Wildman–Crippen LogP) is 3.10. The summed E-state index contributed by atoms with van der Waals surface area (Å²) in [4.78, 5) is 29.2. The summed E-state index contributed by atoms with van der Waals surface area (Å²) in [7, 11) is 0. The second kappa shape index (κ2) is 8.91. The molecule has 0 atom stereocenters. The molecule has 0 saturated carbocycles. The van der Waals surface area contributed by atoms with Gasteiger partial charge < -0.3 is 14.5 Å². The third-order valence-electron chi connectivity index (χ3n) is 5.28. The van der Waals surface area contributed by atoms with E-state index in [0.29, 0.717) is 39.2 Å². The number of rotatable bonds is 6. The fourth-order valence-corrected chi connectivity index (χ4v) is 3.46. The molecule has 28 heavy (non-hydrogen) atoms. The number of piperazine rings is 1. The van der Waals surface area contributed by atoms with E-state index in [1.807, 2.05) is 84.3 Å². The number of para-hydroxylation sites is 1. The Kier molecular flexibility index (Phi) is 6.34. The molecule has 1 aliphatic heterocycles. The largest absolute Gasteiger partial charge is 0.493 e. The van der Waals surface area contributed by atoms with Gasteiger partial charge in [-0.25, -0.2) is 0 Å². The second-order valence-electron chi connectivity index (χ2n) is 7.58. The molecule has 5 nitrogen and oxygen atoms in total. The minimum Gasteiger partial charge on any atom is -0.493 e. The average molecular weight is 380 g/mol. The van der Waals surface area contributed by atoms with Crippen molar-refractivity contribution in [3.8, 4) is 5.75 Å². The Bertz CT molecular complexity index is 782. The van der Waals surface area contributed by atoms with Crippen molar-refractivity contribution >= 4 is 11.8 Å². The van der Waals surface area contributed by atoms with Gasteiger partial charge in [0.25, 0.3) is 0 Å². The number of carbonyl (C=O) groups excluding carboxylic acids is 2. The summed E-state index contributed by atoms with van der Waals surface area (Å²) >= 11 is 0. The molecule has 1 heterocycles. The molecular weight excluding hydrogens is 352 g/mol. The SMILES string of the molecule is CC(C)(C(=O)N1CCN(C(=O)CCOc2ccccc2)CC1)c1ccccc1. The molecule has 1 aliphatic rings. The van der Waals surface area contributed by atoms with Crippen molar-refractivity contribution in [3.63, 3.8) is 0 Å². The van der Waals surface area contributed by atoms with Gasteiger partial charge in [-0.2, -0.15) is 0 Å². The minimum atomic E-state index is -0.572. The van der Waals surface area contributed by atoms with Crippen LogP contribution < -0.4 is 4.74 Å². The highest BCUT2D eigenvalue weighted by atomic mass is 16.5. The van der Waals surface area contributed by atoms with Crippen LogP contribution in [0.25, 0.3) is 0 Å². The quantitative estimate of drug-likeness (QED) is 0.774. The smallest absolute Gasteiger partial charge is 0.232 e. The first-order chi connectivity index (χ1) is 13.5. The van der Waals surface area contributed by atoms with Crippen LogP contribution in [-0.2, 0) is 15.0 Å². The number of hydrogen-bond donors (Lipinski definition) is 0. The molecule has 3 rings (SSSR count). The summed E-state index contributed by atoms with van der Waals surface area (Å²) in [5.41, 5.74) is 0.438. The highest BCUT2D eigenvalue weighted by molar-refractivity contribution is 5.87. The molecular formula is C23H28N2O3. The van der Waals surface area contributed by atoms with Gasteiger partial charge in [-0.1, -0.05) is 48.5 Å². The number of benzene rings is 2. The molecule has 1 saturated heterocycles. The van der Waals surface area contributed by atoms with Gasteiger partial charge in [0.15, 0.2) is 0 Å². The lowest BCUT2D eigenvalue weighted by Crippen LogP contribution is -2.54. The molecule has 0 spiro atoms. The van der Waals surface area contributed by atoms with E-state index in [-0.39, 0.29) is 11.8 Å². The van der Waals surface area contributed by atoms with Crippen molar-refractivity contribution in [3.05, 3.63) is 66.2 Å². The van der Waals surface area contributed by atoms with Crippen molar-refractivity contribution in [2.75, 3.05) is 32.8 Å². The maximum absolute atomic E-state index is 13.0. The van der Waals surface area contributed by atoms with E-state index >= 15 is 0 Å². The lowest BCUT2D eigenvalue weighted by molar-refractivity contribution is -0.142. The molecule has 0 bridgehead atoms. The lowest BCUT2D eigenvalue weighted by Gasteiger charge is -2.38. The molecule has 0 aliphatic carbocycles. The standard InChI is InChI=1S/C23H28N2O3/c1-23(2,19-9-5-3-6-10-19)22(27)25-16-14-24(15-17-25)21(26)13-18-28-20-11-7-4-8-12-20/h3-12H,13-18H2,1-2H3. The highest BCUT2D eigenvalue weighted by Gasteiger charge is 2.35. The van der Waals surface area contributed by atoms with Crippen LogP contribution in [0.15, 0.2) is 60.7 Å². The van der Waals surface area contributed by atoms with E-state index in [9.17, 15) is 9.59 Å². The van der Waals surface area contributed by atoms with Gasteiger partial charge in [0.1, 0.15) is 5.75 Å². The molecule has 0 N–H and O–H groups in total. The van der Waals surface area contributed by atoms with Crippen LogP contribution >= 0.6 is 0 Å². The van der Waals surface area contributed by atoms with Gasteiger partial charge >= 0.3 is 0 Å². The molecule has 2 amide bonds. The van der Waals surface area contributed by atoms with E-state index in [0.717, 1.165) is 11.3 Å². The number of carbonyl (C=O) groups is 2. The highest BCUT2D eigenvalue weighted by Crippen LogP contribution is 2.26. The maximum Gasteiger partial charge on any atom is 0.232 e. The topological polar surface area (TPSA) is 49.9 Å². The van der Waals surface area contributed by atoms with Crippen molar-refractivity contribution in [1.29, 1.82) is 0 Å². The summed E-state index contributed by atoms with van der Waals surface area (Å²) in [5.74, 6) is 0.956. The molecule has 5 heteroatoms. The predicted molar refractivity (Wildman–Crippen MR) is 109 cm³/mol. The third kappa shape index (κ3) is 4.71. The fourth-order valence-electron chi connectivity index (χ4n) is 3.46. The summed E-state index contributed by atoms with van der Waals surface area (Å²) in [5, 5.41) is 0. The molecule has 1 fully saturated rings. The van der Waals surface area contributed by atoms with Crippen molar-refractivity contribution < 1.29 is 14.3 Å². The van der Waals surface area contributed by atoms with Gasteiger partial charge in [0.05, 0.1) is 18.4 Å². The van der Waals surface area contributed by atoms with Crippen molar-refractivity contribution in [2.45, 2.75) is 25.7 Å². The van der Waals surface area contributed by atoms with Crippen molar-refractivity contribution in [1.82, 2.24) is 9.80 Å². The van der Waals surface area contributed by atoms with Crippen LogP contribution in [-0.4, -0.2) is 54.4 Å². The Balaban J connectivity index is 1.47. The zero-order valence-corrected chi connectivity index (χ0v) is 16.6. The molecule has 2 aromatic rings. The van der Waals surface area contributed by atoms with Gasteiger partial charge in [0.2, 0.25) is 11.8 Å².